The predicted molar refractivity (Wildman–Crippen MR) is 163 cm³/mol. The number of rotatable bonds is 10. The van der Waals surface area contributed by atoms with Gasteiger partial charge in [-0.05, 0) is 54.3 Å². The predicted octanol–water partition coefficient (Wildman–Crippen LogP) is 6.46. The number of benzene rings is 4. The molecule has 0 unspecified atom stereocenters. The third-order valence-corrected chi connectivity index (χ3v) is 8.08. The molecule has 6 nitrogen and oxygen atoms in total. The minimum atomic E-state index is -1.70. The summed E-state index contributed by atoms with van der Waals surface area (Å²) in [5.74, 6) is -0.909. The Bertz CT molecular complexity index is 1490. The summed E-state index contributed by atoms with van der Waals surface area (Å²) in [7, 11) is 1.71. The van der Waals surface area contributed by atoms with Gasteiger partial charge in [-0.2, -0.15) is 0 Å². The third kappa shape index (κ3) is 5.58. The van der Waals surface area contributed by atoms with Crippen LogP contribution in [-0.2, 0) is 31.3 Å². The first-order valence-corrected chi connectivity index (χ1v) is 14.4. The zero-order valence-corrected chi connectivity index (χ0v) is 24.9. The quantitative estimate of drug-likeness (QED) is 0.208. The molecule has 0 bridgehead atoms. The monoisotopic (exact) mass is 612 g/mol. The van der Waals surface area contributed by atoms with E-state index in [1.807, 2.05) is 110 Å². The third-order valence-electron chi connectivity index (χ3n) is 7.59. The van der Waals surface area contributed by atoms with E-state index in [9.17, 15) is 9.59 Å². The first kappa shape index (κ1) is 28.7. The molecule has 0 saturated carbocycles. The highest BCUT2D eigenvalue weighted by molar-refractivity contribution is 9.10. The number of aryl methyl sites for hydroxylation is 1. The second kappa shape index (κ2) is 12.4. The van der Waals surface area contributed by atoms with Gasteiger partial charge in [0.1, 0.15) is 6.04 Å². The molecule has 0 aliphatic carbocycles. The molecule has 4 aromatic carbocycles. The fourth-order valence-electron chi connectivity index (χ4n) is 5.46. The van der Waals surface area contributed by atoms with Crippen molar-refractivity contribution in [3.63, 3.8) is 0 Å². The molecule has 0 aromatic heterocycles. The molecule has 1 N–H and O–H groups in total. The summed E-state index contributed by atoms with van der Waals surface area (Å²) >= 11 is 3.58. The molecular weight excluding hydrogens is 580 g/mol. The SMILES string of the molecule is CCOC(=O)[C@@H](NC(c1ccccc1)c1ccccc1)[C@]1(OCc2ccccc2C)C(=O)N(C)c2ccc(Br)cc21. The number of halogens is 1. The highest BCUT2D eigenvalue weighted by Gasteiger charge is 2.60. The average Bonchev–Trinajstić information content (AvgIpc) is 3.20. The van der Waals surface area contributed by atoms with Crippen LogP contribution in [0.3, 0.4) is 0 Å². The smallest absolute Gasteiger partial charge is 0.327 e. The maximum Gasteiger partial charge on any atom is 0.327 e. The fraction of sp³-hybridized carbons (Fsp3) is 0.235. The summed E-state index contributed by atoms with van der Waals surface area (Å²) in [5.41, 5.74) is 3.41. The van der Waals surface area contributed by atoms with Crippen molar-refractivity contribution in [2.24, 2.45) is 0 Å². The van der Waals surface area contributed by atoms with Gasteiger partial charge in [-0.3, -0.25) is 14.9 Å². The number of fused-ring (bicyclic) bond motifs is 1. The van der Waals surface area contributed by atoms with Crippen LogP contribution < -0.4 is 10.2 Å². The van der Waals surface area contributed by atoms with E-state index in [1.54, 1.807) is 18.9 Å². The van der Waals surface area contributed by atoms with Crippen molar-refractivity contribution in [1.29, 1.82) is 0 Å². The normalized spacial score (nSPS) is 17.0. The maximum atomic E-state index is 14.4. The van der Waals surface area contributed by atoms with Crippen LogP contribution >= 0.6 is 15.9 Å². The summed E-state index contributed by atoms with van der Waals surface area (Å²) in [5, 5.41) is 3.55. The minimum Gasteiger partial charge on any atom is -0.465 e. The van der Waals surface area contributed by atoms with Gasteiger partial charge in [0.2, 0.25) is 0 Å². The van der Waals surface area contributed by atoms with E-state index < -0.39 is 23.7 Å². The van der Waals surface area contributed by atoms with Gasteiger partial charge in [-0.25, -0.2) is 0 Å². The van der Waals surface area contributed by atoms with Crippen LogP contribution in [0.15, 0.2) is 108 Å². The molecular formula is C34H33BrN2O4. The lowest BCUT2D eigenvalue weighted by molar-refractivity contribution is -0.169. The van der Waals surface area contributed by atoms with Gasteiger partial charge in [-0.15, -0.1) is 0 Å². The first-order valence-electron chi connectivity index (χ1n) is 13.7. The Morgan fingerprint density at radius 1 is 0.927 bits per heavy atom. The number of nitrogens with zero attached hydrogens (tertiary/aromatic N) is 1. The molecule has 0 spiro atoms. The molecule has 0 saturated heterocycles. The van der Waals surface area contributed by atoms with Gasteiger partial charge in [-0.1, -0.05) is 101 Å². The van der Waals surface area contributed by atoms with E-state index in [-0.39, 0.29) is 19.1 Å². The van der Waals surface area contributed by atoms with Crippen LogP contribution in [0.1, 0.15) is 40.8 Å². The number of esters is 1. The number of likely N-dealkylation sites (N-methyl/N-ethyl adjacent to an activating group) is 1. The van der Waals surface area contributed by atoms with E-state index >= 15 is 0 Å². The van der Waals surface area contributed by atoms with Crippen molar-refractivity contribution in [1.82, 2.24) is 5.32 Å². The summed E-state index contributed by atoms with van der Waals surface area (Å²) in [6.07, 6.45) is 0. The average molecular weight is 614 g/mol. The number of anilines is 1. The number of amides is 1. The Morgan fingerprint density at radius 3 is 2.15 bits per heavy atom. The Kier molecular flexibility index (Phi) is 8.68. The van der Waals surface area contributed by atoms with Crippen LogP contribution in [-0.4, -0.2) is 31.6 Å². The lowest BCUT2D eigenvalue weighted by atomic mass is 9.85. The van der Waals surface area contributed by atoms with E-state index in [1.165, 1.54) is 0 Å². The molecule has 1 amide bonds. The van der Waals surface area contributed by atoms with Crippen LogP contribution in [0, 0.1) is 6.92 Å². The van der Waals surface area contributed by atoms with Gasteiger partial charge in [0.15, 0.2) is 5.60 Å². The highest BCUT2D eigenvalue weighted by atomic mass is 79.9. The van der Waals surface area contributed by atoms with Crippen molar-refractivity contribution in [2.45, 2.75) is 38.1 Å². The maximum absolute atomic E-state index is 14.4. The van der Waals surface area contributed by atoms with Gasteiger partial charge < -0.3 is 14.4 Å². The molecule has 5 rings (SSSR count). The van der Waals surface area contributed by atoms with Crippen molar-refractivity contribution in [2.75, 3.05) is 18.6 Å². The Hall–Kier alpha value is -3.78. The second-order valence-corrected chi connectivity index (χ2v) is 11.0. The van der Waals surface area contributed by atoms with Crippen LogP contribution in [0.2, 0.25) is 0 Å². The topological polar surface area (TPSA) is 67.9 Å². The van der Waals surface area contributed by atoms with Crippen molar-refractivity contribution in [3.8, 4) is 0 Å². The molecule has 0 radical (unpaired) electrons. The number of carbonyl (C=O) groups is 2. The molecule has 0 fully saturated rings. The lowest BCUT2D eigenvalue weighted by Gasteiger charge is -2.38. The number of hydrogen-bond acceptors (Lipinski definition) is 5. The van der Waals surface area contributed by atoms with Gasteiger partial charge in [0, 0.05) is 17.1 Å². The van der Waals surface area contributed by atoms with Gasteiger partial charge in [0.25, 0.3) is 5.91 Å². The summed E-state index contributed by atoms with van der Waals surface area (Å²) in [6.45, 7) is 4.04. The molecule has 210 valence electrons. The molecule has 4 aromatic rings. The van der Waals surface area contributed by atoms with Gasteiger partial charge in [0.05, 0.1) is 24.9 Å². The number of hydrogen-bond donors (Lipinski definition) is 1. The number of ether oxygens (including phenoxy) is 2. The molecule has 41 heavy (non-hydrogen) atoms. The van der Waals surface area contributed by atoms with Crippen LogP contribution in [0.5, 0.6) is 0 Å². The van der Waals surface area contributed by atoms with Crippen LogP contribution in [0.4, 0.5) is 5.69 Å². The molecule has 7 heteroatoms. The summed E-state index contributed by atoms with van der Waals surface area (Å²) in [4.78, 5) is 30.0. The van der Waals surface area contributed by atoms with E-state index in [0.717, 1.165) is 26.7 Å². The first-order chi connectivity index (χ1) is 19.9. The molecule has 1 heterocycles. The highest BCUT2D eigenvalue weighted by Crippen LogP contribution is 2.47. The second-order valence-electron chi connectivity index (χ2n) is 10.1. The van der Waals surface area contributed by atoms with Crippen molar-refractivity contribution in [3.05, 3.63) is 135 Å². The Balaban J connectivity index is 1.70. The zero-order chi connectivity index (χ0) is 29.0. The Morgan fingerprint density at radius 2 is 1.54 bits per heavy atom. The van der Waals surface area contributed by atoms with Crippen molar-refractivity contribution >= 4 is 33.5 Å². The zero-order valence-electron chi connectivity index (χ0n) is 23.3. The standard InChI is InChI=1S/C34H33BrN2O4/c1-4-40-32(38)31(36-30(24-14-7-5-8-15-24)25-16-9-6-10-17-25)34(41-22-26-18-12-11-13-23(26)2)28-21-27(35)19-20-29(28)37(3)33(34)39/h5-21,30-31,36H,4,22H2,1-3H3/t31-,34+/m1/s1. The number of carbonyl (C=O) groups excluding carboxylic acids is 2. The van der Waals surface area contributed by atoms with E-state index in [0.29, 0.717) is 11.3 Å². The number of nitrogens with one attached hydrogen (secondary N) is 1. The van der Waals surface area contributed by atoms with Crippen LogP contribution in [0.25, 0.3) is 0 Å². The molecule has 1 aliphatic rings. The van der Waals surface area contributed by atoms with Crippen molar-refractivity contribution < 1.29 is 19.1 Å². The van der Waals surface area contributed by atoms with Gasteiger partial charge >= 0.3 is 5.97 Å². The van der Waals surface area contributed by atoms with E-state index in [4.69, 9.17) is 9.47 Å². The van der Waals surface area contributed by atoms with E-state index in [2.05, 4.69) is 21.2 Å². The largest absolute Gasteiger partial charge is 0.465 e. The molecule has 1 aliphatic heterocycles. The summed E-state index contributed by atoms with van der Waals surface area (Å²) in [6, 6.07) is 31.6. The Labute approximate surface area is 249 Å². The fourth-order valence-corrected chi connectivity index (χ4v) is 5.82. The minimum absolute atomic E-state index is 0.122. The molecule has 2 atom stereocenters. The lowest BCUT2D eigenvalue weighted by Crippen LogP contribution is -2.60. The summed E-state index contributed by atoms with van der Waals surface area (Å²) < 4.78 is 13.2.